The lowest BCUT2D eigenvalue weighted by Gasteiger charge is -2.15. The summed E-state index contributed by atoms with van der Waals surface area (Å²) in [6.45, 7) is 0. The van der Waals surface area contributed by atoms with Crippen LogP contribution in [0.2, 0.25) is 0 Å². The lowest BCUT2D eigenvalue weighted by atomic mass is 9.97. The summed E-state index contributed by atoms with van der Waals surface area (Å²) in [5.41, 5.74) is -0.199. The van der Waals surface area contributed by atoms with Crippen LogP contribution in [-0.2, 0) is 17.6 Å². The zero-order chi connectivity index (χ0) is 17.9. The van der Waals surface area contributed by atoms with Crippen LogP contribution in [0.15, 0.2) is 36.4 Å². The number of hydrogen-bond acceptors (Lipinski definition) is 3. The Bertz CT molecular complexity index is 687. The highest BCUT2D eigenvalue weighted by atomic mass is 19.1. The van der Waals surface area contributed by atoms with Gasteiger partial charge in [-0.25, -0.2) is 17.6 Å². The molecular formula is C17H14F4O3. The normalized spacial score (nSPS) is 13.6. The lowest BCUT2D eigenvalue weighted by molar-refractivity contribution is -0.135. The van der Waals surface area contributed by atoms with Crippen molar-refractivity contribution in [1.82, 2.24) is 0 Å². The molecule has 7 heteroatoms. The van der Waals surface area contributed by atoms with Gasteiger partial charge in [0.2, 0.25) is 0 Å². The number of benzene rings is 2. The first-order valence-corrected chi connectivity index (χ1v) is 7.05. The minimum atomic E-state index is -1.75. The third-order valence-electron chi connectivity index (χ3n) is 3.51. The predicted molar refractivity (Wildman–Crippen MR) is 77.1 cm³/mol. The van der Waals surface area contributed by atoms with Crippen molar-refractivity contribution in [2.75, 3.05) is 0 Å². The summed E-state index contributed by atoms with van der Waals surface area (Å²) in [5.74, 6) is -4.50. The second-order valence-corrected chi connectivity index (χ2v) is 5.31. The number of aliphatic hydroxyl groups excluding tert-OH is 2. The van der Waals surface area contributed by atoms with Gasteiger partial charge in [-0.2, -0.15) is 0 Å². The molecule has 0 heterocycles. The van der Waals surface area contributed by atoms with E-state index in [9.17, 15) is 32.6 Å². The molecule has 0 saturated heterocycles. The summed E-state index contributed by atoms with van der Waals surface area (Å²) in [6, 6.07) is 5.31. The van der Waals surface area contributed by atoms with E-state index in [1.54, 1.807) is 0 Å². The molecule has 2 rings (SSSR count). The molecule has 0 unspecified atom stereocenters. The molecule has 2 N–H and O–H groups in total. The van der Waals surface area contributed by atoms with Gasteiger partial charge in [0, 0.05) is 25.0 Å². The first-order chi connectivity index (χ1) is 11.3. The average molecular weight is 342 g/mol. The van der Waals surface area contributed by atoms with Crippen molar-refractivity contribution in [2.45, 2.75) is 25.0 Å². The number of ketones is 1. The second-order valence-electron chi connectivity index (χ2n) is 5.31. The molecule has 0 aliphatic heterocycles. The summed E-state index contributed by atoms with van der Waals surface area (Å²) in [4.78, 5) is 11.9. The zero-order valence-corrected chi connectivity index (χ0v) is 12.3. The van der Waals surface area contributed by atoms with E-state index < -0.39 is 54.1 Å². The van der Waals surface area contributed by atoms with E-state index >= 15 is 0 Å². The third-order valence-corrected chi connectivity index (χ3v) is 3.51. The van der Waals surface area contributed by atoms with E-state index in [-0.39, 0.29) is 11.1 Å². The molecule has 0 spiro atoms. The van der Waals surface area contributed by atoms with Gasteiger partial charge >= 0.3 is 0 Å². The Labute approximate surface area is 135 Å². The highest BCUT2D eigenvalue weighted by molar-refractivity contribution is 5.87. The SMILES string of the molecule is O=C([C@@H](O)Cc1ccc(F)cc1F)[C@@H](O)Cc1ccc(F)cc1F. The number of Topliss-reactive ketones (excluding diaryl/α,β-unsaturated/α-hetero) is 1. The minimum absolute atomic E-state index is 0.0996. The molecule has 2 atom stereocenters. The Morgan fingerprint density at radius 2 is 1.17 bits per heavy atom. The van der Waals surface area contributed by atoms with E-state index in [0.29, 0.717) is 12.1 Å². The van der Waals surface area contributed by atoms with Gasteiger partial charge in [-0.3, -0.25) is 4.79 Å². The topological polar surface area (TPSA) is 57.5 Å². The van der Waals surface area contributed by atoms with Crippen molar-refractivity contribution in [3.8, 4) is 0 Å². The lowest BCUT2D eigenvalue weighted by Crippen LogP contribution is -2.35. The zero-order valence-electron chi connectivity index (χ0n) is 12.3. The summed E-state index contributed by atoms with van der Waals surface area (Å²) >= 11 is 0. The third kappa shape index (κ3) is 4.39. The van der Waals surface area contributed by atoms with E-state index in [1.807, 2.05) is 0 Å². The smallest absolute Gasteiger partial charge is 0.190 e. The van der Waals surface area contributed by atoms with Crippen LogP contribution >= 0.6 is 0 Å². The maximum atomic E-state index is 13.5. The highest BCUT2D eigenvalue weighted by Crippen LogP contribution is 2.15. The van der Waals surface area contributed by atoms with Crippen LogP contribution in [-0.4, -0.2) is 28.2 Å². The van der Waals surface area contributed by atoms with Crippen LogP contribution in [0.4, 0.5) is 17.6 Å². The number of carbonyl (C=O) groups excluding carboxylic acids is 1. The Kier molecular flexibility index (Phi) is 5.69. The van der Waals surface area contributed by atoms with Crippen molar-refractivity contribution in [3.05, 3.63) is 70.8 Å². The van der Waals surface area contributed by atoms with Gasteiger partial charge in [0.15, 0.2) is 5.78 Å². The van der Waals surface area contributed by atoms with E-state index in [2.05, 4.69) is 0 Å². The molecule has 0 aliphatic carbocycles. The Morgan fingerprint density at radius 3 is 1.50 bits per heavy atom. The molecular weight excluding hydrogens is 328 g/mol. The summed E-state index contributed by atoms with van der Waals surface area (Å²) in [7, 11) is 0. The molecule has 0 aliphatic rings. The predicted octanol–water partition coefficient (Wildman–Crippen LogP) is 2.32. The van der Waals surface area contributed by atoms with Crippen molar-refractivity contribution < 1.29 is 32.6 Å². The highest BCUT2D eigenvalue weighted by Gasteiger charge is 2.25. The van der Waals surface area contributed by atoms with Crippen molar-refractivity contribution in [1.29, 1.82) is 0 Å². The fourth-order valence-corrected chi connectivity index (χ4v) is 2.21. The van der Waals surface area contributed by atoms with Gasteiger partial charge in [-0.05, 0) is 23.3 Å². The fourth-order valence-electron chi connectivity index (χ4n) is 2.21. The van der Waals surface area contributed by atoms with Gasteiger partial charge < -0.3 is 10.2 Å². The van der Waals surface area contributed by atoms with Crippen molar-refractivity contribution in [3.63, 3.8) is 0 Å². The van der Waals surface area contributed by atoms with Crippen LogP contribution in [0.1, 0.15) is 11.1 Å². The van der Waals surface area contributed by atoms with Gasteiger partial charge in [0.25, 0.3) is 0 Å². The monoisotopic (exact) mass is 342 g/mol. The molecule has 0 bridgehead atoms. The van der Waals surface area contributed by atoms with Crippen LogP contribution in [0.3, 0.4) is 0 Å². The molecule has 2 aromatic rings. The Balaban J connectivity index is 2.03. The average Bonchev–Trinajstić information content (AvgIpc) is 2.51. The van der Waals surface area contributed by atoms with Crippen LogP contribution in [0, 0.1) is 23.3 Å². The number of hydrogen-bond donors (Lipinski definition) is 2. The van der Waals surface area contributed by atoms with Gasteiger partial charge in [0.1, 0.15) is 35.5 Å². The largest absolute Gasteiger partial charge is 0.385 e. The number of rotatable bonds is 6. The molecule has 128 valence electrons. The number of aliphatic hydroxyl groups is 2. The fraction of sp³-hybridized carbons (Fsp3) is 0.235. The maximum absolute atomic E-state index is 13.5. The molecule has 0 radical (unpaired) electrons. The molecule has 3 nitrogen and oxygen atoms in total. The molecule has 24 heavy (non-hydrogen) atoms. The first-order valence-electron chi connectivity index (χ1n) is 7.05. The molecule has 0 fully saturated rings. The number of carbonyl (C=O) groups is 1. The van der Waals surface area contributed by atoms with Crippen molar-refractivity contribution in [2.24, 2.45) is 0 Å². The molecule has 2 aromatic carbocycles. The molecule has 0 saturated carbocycles. The van der Waals surface area contributed by atoms with Gasteiger partial charge in [-0.1, -0.05) is 12.1 Å². The molecule has 0 aromatic heterocycles. The Hall–Kier alpha value is -2.25. The standard InChI is InChI=1S/C17H14F4O3/c18-11-3-1-9(13(20)7-11)5-15(22)17(24)16(23)6-10-2-4-12(19)8-14(10)21/h1-4,7-8,15-16,22-23H,5-6H2/t15-,16-/m0/s1. The van der Waals surface area contributed by atoms with E-state index in [0.717, 1.165) is 24.3 Å². The van der Waals surface area contributed by atoms with Crippen LogP contribution in [0.5, 0.6) is 0 Å². The molecule has 0 amide bonds. The number of halogens is 4. The van der Waals surface area contributed by atoms with Gasteiger partial charge in [-0.15, -0.1) is 0 Å². The minimum Gasteiger partial charge on any atom is -0.385 e. The quantitative estimate of drug-likeness (QED) is 0.792. The van der Waals surface area contributed by atoms with E-state index in [4.69, 9.17) is 0 Å². The van der Waals surface area contributed by atoms with Crippen LogP contribution < -0.4 is 0 Å². The Morgan fingerprint density at radius 1 is 0.792 bits per heavy atom. The van der Waals surface area contributed by atoms with Gasteiger partial charge in [0.05, 0.1) is 0 Å². The summed E-state index contributed by atoms with van der Waals surface area (Å²) in [6.07, 6.45) is -4.42. The van der Waals surface area contributed by atoms with Crippen LogP contribution in [0.25, 0.3) is 0 Å². The summed E-state index contributed by atoms with van der Waals surface area (Å²) in [5, 5.41) is 19.6. The first kappa shape index (κ1) is 18.1. The van der Waals surface area contributed by atoms with E-state index in [1.165, 1.54) is 0 Å². The summed E-state index contributed by atoms with van der Waals surface area (Å²) < 4.78 is 52.6. The van der Waals surface area contributed by atoms with Crippen molar-refractivity contribution >= 4 is 5.78 Å². The maximum Gasteiger partial charge on any atom is 0.190 e. The second kappa shape index (κ2) is 7.55.